The van der Waals surface area contributed by atoms with Crippen molar-refractivity contribution in [1.29, 1.82) is 0 Å². The van der Waals surface area contributed by atoms with Crippen LogP contribution in [0.3, 0.4) is 0 Å². The van der Waals surface area contributed by atoms with Crippen LogP contribution < -0.4 is 4.74 Å². The van der Waals surface area contributed by atoms with Crippen molar-refractivity contribution in [2.45, 2.75) is 33.6 Å². The number of aromatic nitrogens is 1. The summed E-state index contributed by atoms with van der Waals surface area (Å²) in [6.07, 6.45) is 1.87. The van der Waals surface area contributed by atoms with Gasteiger partial charge in [0.05, 0.1) is 43.3 Å². The molecule has 0 aliphatic heterocycles. The summed E-state index contributed by atoms with van der Waals surface area (Å²) in [5.41, 5.74) is 2.35. The molecule has 0 spiro atoms. The second-order valence-corrected chi connectivity index (χ2v) is 7.15. The van der Waals surface area contributed by atoms with E-state index in [1.54, 1.807) is 13.8 Å². The third kappa shape index (κ3) is 4.52. The number of benzene rings is 1. The molecule has 2 aromatic rings. The van der Waals surface area contributed by atoms with Gasteiger partial charge in [0.2, 0.25) is 0 Å². The Labute approximate surface area is 173 Å². The quantitative estimate of drug-likeness (QED) is 0.442. The van der Waals surface area contributed by atoms with Gasteiger partial charge in [0.15, 0.2) is 0 Å². The van der Waals surface area contributed by atoms with Crippen LogP contribution in [0.4, 0.5) is 0 Å². The maximum Gasteiger partial charge on any atom is 0.340 e. The summed E-state index contributed by atoms with van der Waals surface area (Å²) in [5.74, 6) is -0.591. The molecule has 0 aliphatic rings. The second-order valence-electron chi connectivity index (χ2n) is 6.23. The molecule has 0 N–H and O–H groups in total. The molecule has 150 valence electrons. The fourth-order valence-corrected chi connectivity index (χ4v) is 3.33. The standard InChI is InChI=1S/C21H24BrNO5/c1-6-7-10-28-16-9-8-14(22)11-15(16)19-17(20(24)26-4)12(2)23-13(3)18(19)21(25)27-5/h8-9,11H,6-7,10H2,1-5H3. The van der Waals surface area contributed by atoms with Crippen molar-refractivity contribution in [2.24, 2.45) is 0 Å². The smallest absolute Gasteiger partial charge is 0.340 e. The van der Waals surface area contributed by atoms with Gasteiger partial charge in [-0.3, -0.25) is 4.98 Å². The molecule has 1 aromatic carbocycles. The van der Waals surface area contributed by atoms with Gasteiger partial charge in [-0.15, -0.1) is 0 Å². The van der Waals surface area contributed by atoms with Crippen LogP contribution in [0.25, 0.3) is 11.1 Å². The Kier molecular flexibility index (Phi) is 7.57. The first-order chi connectivity index (χ1) is 13.3. The number of hydrogen-bond acceptors (Lipinski definition) is 6. The highest BCUT2D eigenvalue weighted by atomic mass is 79.9. The summed E-state index contributed by atoms with van der Waals surface area (Å²) in [5, 5.41) is 0. The number of rotatable bonds is 7. The van der Waals surface area contributed by atoms with Crippen molar-refractivity contribution in [3.63, 3.8) is 0 Å². The van der Waals surface area contributed by atoms with Gasteiger partial charge in [0.1, 0.15) is 5.75 Å². The van der Waals surface area contributed by atoms with Crippen molar-refractivity contribution in [3.8, 4) is 16.9 Å². The van der Waals surface area contributed by atoms with Gasteiger partial charge in [-0.1, -0.05) is 29.3 Å². The van der Waals surface area contributed by atoms with Crippen LogP contribution in [0.5, 0.6) is 5.75 Å². The highest BCUT2D eigenvalue weighted by Crippen LogP contribution is 2.39. The summed E-state index contributed by atoms with van der Waals surface area (Å²) >= 11 is 3.47. The summed E-state index contributed by atoms with van der Waals surface area (Å²) in [6.45, 7) is 6.01. The number of hydrogen-bond donors (Lipinski definition) is 0. The molecular weight excluding hydrogens is 426 g/mol. The number of nitrogens with zero attached hydrogens (tertiary/aromatic N) is 1. The van der Waals surface area contributed by atoms with E-state index in [0.717, 1.165) is 17.3 Å². The van der Waals surface area contributed by atoms with Gasteiger partial charge in [0.25, 0.3) is 0 Å². The Morgan fingerprint density at radius 1 is 1.04 bits per heavy atom. The van der Waals surface area contributed by atoms with Crippen molar-refractivity contribution < 1.29 is 23.8 Å². The molecule has 2 rings (SSSR count). The number of ether oxygens (including phenoxy) is 3. The number of aryl methyl sites for hydroxylation is 2. The van der Waals surface area contributed by atoms with E-state index < -0.39 is 11.9 Å². The Hall–Kier alpha value is -2.41. The van der Waals surface area contributed by atoms with E-state index in [1.165, 1.54) is 14.2 Å². The van der Waals surface area contributed by atoms with Gasteiger partial charge in [-0.2, -0.15) is 0 Å². The van der Waals surface area contributed by atoms with E-state index in [1.807, 2.05) is 18.2 Å². The lowest BCUT2D eigenvalue weighted by Gasteiger charge is -2.19. The molecule has 7 heteroatoms. The number of halogens is 1. The predicted molar refractivity (Wildman–Crippen MR) is 110 cm³/mol. The minimum absolute atomic E-state index is 0.215. The van der Waals surface area contributed by atoms with Gasteiger partial charge in [-0.25, -0.2) is 9.59 Å². The minimum atomic E-state index is -0.579. The van der Waals surface area contributed by atoms with Crippen molar-refractivity contribution in [1.82, 2.24) is 4.98 Å². The average Bonchev–Trinajstić information content (AvgIpc) is 2.67. The molecule has 0 aliphatic carbocycles. The highest BCUT2D eigenvalue weighted by molar-refractivity contribution is 9.10. The highest BCUT2D eigenvalue weighted by Gasteiger charge is 2.29. The fraction of sp³-hybridized carbons (Fsp3) is 0.381. The molecule has 0 unspecified atom stereocenters. The second kappa shape index (κ2) is 9.68. The molecule has 1 heterocycles. The molecule has 0 saturated heterocycles. The zero-order valence-corrected chi connectivity index (χ0v) is 18.3. The number of esters is 2. The average molecular weight is 450 g/mol. The first-order valence-corrected chi connectivity index (χ1v) is 9.75. The predicted octanol–water partition coefficient (Wildman–Crippen LogP) is 4.88. The maximum absolute atomic E-state index is 12.6. The largest absolute Gasteiger partial charge is 0.493 e. The summed E-state index contributed by atoms with van der Waals surface area (Å²) in [6, 6.07) is 5.47. The van der Waals surface area contributed by atoms with E-state index in [-0.39, 0.29) is 11.1 Å². The van der Waals surface area contributed by atoms with Crippen molar-refractivity contribution in [3.05, 3.63) is 45.2 Å². The van der Waals surface area contributed by atoms with Gasteiger partial charge in [0, 0.05) is 15.6 Å². The van der Waals surface area contributed by atoms with Crippen LogP contribution in [0.2, 0.25) is 0 Å². The first-order valence-electron chi connectivity index (χ1n) is 8.96. The normalized spacial score (nSPS) is 10.5. The van der Waals surface area contributed by atoms with Crippen LogP contribution in [0.15, 0.2) is 22.7 Å². The fourth-order valence-electron chi connectivity index (χ4n) is 2.97. The SMILES string of the molecule is CCCCOc1ccc(Br)cc1-c1c(C(=O)OC)c(C)nc(C)c1C(=O)OC. The van der Waals surface area contributed by atoms with Gasteiger partial charge >= 0.3 is 11.9 Å². The minimum Gasteiger partial charge on any atom is -0.493 e. The molecule has 0 amide bonds. The summed E-state index contributed by atoms with van der Waals surface area (Å²) < 4.78 is 16.7. The third-order valence-corrected chi connectivity index (χ3v) is 4.80. The van der Waals surface area contributed by atoms with E-state index in [4.69, 9.17) is 14.2 Å². The Balaban J connectivity index is 2.88. The molecule has 0 saturated carbocycles. The van der Waals surface area contributed by atoms with Gasteiger partial charge < -0.3 is 14.2 Å². The molecule has 0 radical (unpaired) electrons. The summed E-state index contributed by atoms with van der Waals surface area (Å²) in [7, 11) is 2.59. The van der Waals surface area contributed by atoms with Crippen LogP contribution in [-0.4, -0.2) is 37.7 Å². The number of unbranched alkanes of at least 4 members (excludes halogenated alkanes) is 1. The van der Waals surface area contributed by atoms with Crippen LogP contribution >= 0.6 is 15.9 Å². The lowest BCUT2D eigenvalue weighted by molar-refractivity contribution is 0.0599. The summed E-state index contributed by atoms with van der Waals surface area (Å²) in [4.78, 5) is 29.6. The lowest BCUT2D eigenvalue weighted by atomic mass is 9.92. The Morgan fingerprint density at radius 3 is 2.11 bits per heavy atom. The van der Waals surface area contributed by atoms with Crippen LogP contribution in [-0.2, 0) is 9.47 Å². The molecule has 28 heavy (non-hydrogen) atoms. The van der Waals surface area contributed by atoms with Crippen molar-refractivity contribution in [2.75, 3.05) is 20.8 Å². The molecule has 0 bridgehead atoms. The molecule has 0 atom stereocenters. The van der Waals surface area contributed by atoms with Gasteiger partial charge in [-0.05, 0) is 38.5 Å². The number of carbonyl (C=O) groups is 2. The third-order valence-electron chi connectivity index (χ3n) is 4.30. The van der Waals surface area contributed by atoms with E-state index in [9.17, 15) is 9.59 Å². The molecule has 6 nitrogen and oxygen atoms in total. The number of methoxy groups -OCH3 is 2. The zero-order valence-electron chi connectivity index (χ0n) is 16.7. The number of carbonyl (C=O) groups excluding carboxylic acids is 2. The first kappa shape index (κ1) is 21.9. The lowest BCUT2D eigenvalue weighted by Crippen LogP contribution is -2.16. The van der Waals surface area contributed by atoms with Crippen LogP contribution in [0.1, 0.15) is 51.9 Å². The van der Waals surface area contributed by atoms with E-state index >= 15 is 0 Å². The van der Waals surface area contributed by atoms with Crippen molar-refractivity contribution >= 4 is 27.9 Å². The molecular formula is C21H24BrNO5. The monoisotopic (exact) mass is 449 g/mol. The Morgan fingerprint density at radius 2 is 1.61 bits per heavy atom. The van der Waals surface area contributed by atoms with E-state index in [2.05, 4.69) is 27.8 Å². The number of pyridine rings is 1. The molecule has 0 fully saturated rings. The maximum atomic E-state index is 12.6. The van der Waals surface area contributed by atoms with Crippen LogP contribution in [0, 0.1) is 13.8 Å². The molecule has 1 aromatic heterocycles. The van der Waals surface area contributed by atoms with E-state index in [0.29, 0.717) is 34.9 Å². The topological polar surface area (TPSA) is 74.7 Å². The zero-order chi connectivity index (χ0) is 20.8. The Bertz CT molecular complexity index is 855.